The molecule has 1 aliphatic heterocycles. The summed E-state index contributed by atoms with van der Waals surface area (Å²) < 4.78 is 88.8. The first-order chi connectivity index (χ1) is 12.9. The Bertz CT molecular complexity index is 796. The smallest absolute Gasteiger partial charge is 0.393 e. The van der Waals surface area contributed by atoms with Gasteiger partial charge in [-0.05, 0) is 6.08 Å². The monoisotopic (exact) mass is 420 g/mol. The number of aliphatic hydroxyl groups excluding tert-OH is 1. The predicted octanol–water partition coefficient (Wildman–Crippen LogP) is 1.14. The zero-order chi connectivity index (χ0) is 21.1. The van der Waals surface area contributed by atoms with Gasteiger partial charge in [0.1, 0.15) is 19.3 Å². The fraction of sp³-hybridized carbons (Fsp3) is 0.571. The lowest BCUT2D eigenvalue weighted by molar-refractivity contribution is -0.262. The van der Waals surface area contributed by atoms with Crippen molar-refractivity contribution < 1.29 is 45.7 Å². The van der Waals surface area contributed by atoms with Gasteiger partial charge in [0.15, 0.2) is 12.5 Å². The van der Waals surface area contributed by atoms with Gasteiger partial charge < -0.3 is 19.3 Å². The number of H-pyrrole nitrogens is 1. The Morgan fingerprint density at radius 1 is 1.11 bits per heavy atom. The largest absolute Gasteiger partial charge is 0.411 e. The normalized spacial score (nSPS) is 20.3. The summed E-state index contributed by atoms with van der Waals surface area (Å²) in [5, 5.41) is 9.00. The molecule has 8 nitrogen and oxygen atoms in total. The first kappa shape index (κ1) is 22.1. The number of rotatable bonds is 7. The maximum Gasteiger partial charge on any atom is 0.411 e. The van der Waals surface area contributed by atoms with E-state index in [-0.39, 0.29) is 0 Å². The number of hydrogen-bond acceptors (Lipinski definition) is 6. The number of alkyl halides is 6. The van der Waals surface area contributed by atoms with Crippen LogP contribution in [0, 0.1) is 0 Å². The van der Waals surface area contributed by atoms with Crippen molar-refractivity contribution in [2.45, 2.75) is 31.0 Å². The zero-order valence-electron chi connectivity index (χ0n) is 13.8. The Morgan fingerprint density at radius 3 is 2.14 bits per heavy atom. The Hall–Kier alpha value is -2.16. The van der Waals surface area contributed by atoms with Gasteiger partial charge in [0.05, 0.1) is 12.2 Å². The third kappa shape index (κ3) is 6.19. The van der Waals surface area contributed by atoms with Crippen LogP contribution in [0.4, 0.5) is 26.3 Å². The van der Waals surface area contributed by atoms with Gasteiger partial charge in [-0.1, -0.05) is 6.08 Å². The molecule has 0 aliphatic carbocycles. The Morgan fingerprint density at radius 2 is 1.68 bits per heavy atom. The number of aromatic amines is 1. The molecule has 0 saturated carbocycles. The minimum Gasteiger partial charge on any atom is -0.393 e. The van der Waals surface area contributed by atoms with Gasteiger partial charge in [-0.3, -0.25) is 14.3 Å². The first-order valence-electron chi connectivity index (χ1n) is 7.56. The molecular weight excluding hydrogens is 406 g/mol. The van der Waals surface area contributed by atoms with Crippen LogP contribution in [0.1, 0.15) is 18.1 Å². The molecule has 2 N–H and O–H groups in total. The van der Waals surface area contributed by atoms with Crippen LogP contribution in [0.3, 0.4) is 0 Å². The molecule has 14 heteroatoms. The van der Waals surface area contributed by atoms with Crippen molar-refractivity contribution in [1.82, 2.24) is 9.55 Å². The third-order valence-electron chi connectivity index (χ3n) is 3.30. The van der Waals surface area contributed by atoms with Crippen LogP contribution >= 0.6 is 0 Å². The molecule has 0 fully saturated rings. The maximum atomic E-state index is 12.4. The molecule has 0 aromatic carbocycles. The number of halogens is 6. The molecular formula is C14H14F6N2O6. The molecule has 0 amide bonds. The third-order valence-corrected chi connectivity index (χ3v) is 3.30. The molecule has 1 aromatic heterocycles. The van der Waals surface area contributed by atoms with E-state index in [2.05, 4.69) is 9.47 Å². The highest BCUT2D eigenvalue weighted by Crippen LogP contribution is 2.26. The van der Waals surface area contributed by atoms with E-state index in [0.29, 0.717) is 10.8 Å². The molecule has 0 spiro atoms. The quantitative estimate of drug-likeness (QED) is 0.390. The SMILES string of the molecule is O=c1[nH]c(=O)n(C2C=CC(CO)O2)cc1C(OCC(F)(F)F)OCC(F)(F)F. The Balaban J connectivity index is 2.35. The van der Waals surface area contributed by atoms with Crippen LogP contribution in [0.25, 0.3) is 0 Å². The highest BCUT2D eigenvalue weighted by atomic mass is 19.4. The average molecular weight is 420 g/mol. The molecule has 2 heterocycles. The van der Waals surface area contributed by atoms with Crippen LogP contribution in [0.15, 0.2) is 27.9 Å². The average Bonchev–Trinajstić information content (AvgIpc) is 3.03. The highest BCUT2D eigenvalue weighted by Gasteiger charge is 2.35. The van der Waals surface area contributed by atoms with E-state index in [9.17, 15) is 35.9 Å². The van der Waals surface area contributed by atoms with Crippen molar-refractivity contribution in [1.29, 1.82) is 0 Å². The molecule has 0 saturated heterocycles. The summed E-state index contributed by atoms with van der Waals surface area (Å²) in [6.07, 6.45) is -10.8. The topological polar surface area (TPSA) is 103 Å². The fourth-order valence-electron chi connectivity index (χ4n) is 2.18. The van der Waals surface area contributed by atoms with E-state index in [1.165, 1.54) is 12.2 Å². The molecule has 0 bridgehead atoms. The summed E-state index contributed by atoms with van der Waals surface area (Å²) in [6.45, 7) is -4.44. The number of hydrogen-bond donors (Lipinski definition) is 2. The lowest BCUT2D eigenvalue weighted by Gasteiger charge is -2.21. The van der Waals surface area contributed by atoms with E-state index in [1.54, 1.807) is 4.98 Å². The van der Waals surface area contributed by atoms with Crippen molar-refractivity contribution in [3.63, 3.8) is 0 Å². The van der Waals surface area contributed by atoms with E-state index < -0.39 is 67.6 Å². The number of nitrogens with zero attached hydrogens (tertiary/aromatic N) is 1. The van der Waals surface area contributed by atoms with Crippen molar-refractivity contribution in [3.05, 3.63) is 44.8 Å². The van der Waals surface area contributed by atoms with Crippen LogP contribution in [0.2, 0.25) is 0 Å². The fourth-order valence-corrected chi connectivity index (χ4v) is 2.18. The van der Waals surface area contributed by atoms with Crippen LogP contribution in [-0.2, 0) is 14.2 Å². The van der Waals surface area contributed by atoms with E-state index >= 15 is 0 Å². The predicted molar refractivity (Wildman–Crippen MR) is 78.2 cm³/mol. The molecule has 28 heavy (non-hydrogen) atoms. The molecule has 158 valence electrons. The lowest BCUT2D eigenvalue weighted by atomic mass is 10.3. The lowest BCUT2D eigenvalue weighted by Crippen LogP contribution is -2.37. The van der Waals surface area contributed by atoms with Crippen molar-refractivity contribution in [3.8, 4) is 0 Å². The van der Waals surface area contributed by atoms with Crippen molar-refractivity contribution >= 4 is 0 Å². The summed E-state index contributed by atoms with van der Waals surface area (Å²) in [4.78, 5) is 25.6. The second-order valence-corrected chi connectivity index (χ2v) is 5.57. The van der Waals surface area contributed by atoms with Crippen molar-refractivity contribution in [2.75, 3.05) is 19.8 Å². The first-order valence-corrected chi connectivity index (χ1v) is 7.56. The van der Waals surface area contributed by atoms with Gasteiger partial charge in [-0.2, -0.15) is 26.3 Å². The molecule has 2 unspecified atom stereocenters. The van der Waals surface area contributed by atoms with E-state index in [1.807, 2.05) is 0 Å². The number of aromatic nitrogens is 2. The van der Waals surface area contributed by atoms with Gasteiger partial charge in [0.25, 0.3) is 5.56 Å². The molecule has 0 radical (unpaired) electrons. The summed E-state index contributed by atoms with van der Waals surface area (Å²) >= 11 is 0. The van der Waals surface area contributed by atoms with Gasteiger partial charge >= 0.3 is 18.0 Å². The second-order valence-electron chi connectivity index (χ2n) is 5.57. The molecule has 2 atom stereocenters. The Labute approximate surface area is 151 Å². The highest BCUT2D eigenvalue weighted by molar-refractivity contribution is 5.10. The summed E-state index contributed by atoms with van der Waals surface area (Å²) in [6, 6.07) is 0. The summed E-state index contributed by atoms with van der Waals surface area (Å²) in [5.41, 5.74) is -3.15. The van der Waals surface area contributed by atoms with Gasteiger partial charge in [0.2, 0.25) is 0 Å². The van der Waals surface area contributed by atoms with E-state index in [0.717, 1.165) is 0 Å². The minimum absolute atomic E-state index is 0.441. The Kier molecular flexibility index (Phi) is 6.69. The second kappa shape index (κ2) is 8.46. The summed E-state index contributed by atoms with van der Waals surface area (Å²) in [5.74, 6) is 0. The number of ether oxygens (including phenoxy) is 3. The molecule has 1 aliphatic rings. The van der Waals surface area contributed by atoms with Gasteiger partial charge in [0, 0.05) is 6.20 Å². The minimum atomic E-state index is -4.91. The van der Waals surface area contributed by atoms with Crippen molar-refractivity contribution in [2.24, 2.45) is 0 Å². The van der Waals surface area contributed by atoms with E-state index in [4.69, 9.17) is 9.84 Å². The zero-order valence-corrected chi connectivity index (χ0v) is 13.8. The van der Waals surface area contributed by atoms with Crippen LogP contribution < -0.4 is 11.2 Å². The number of nitrogens with one attached hydrogen (secondary N) is 1. The molecule has 1 aromatic rings. The van der Waals surface area contributed by atoms with Gasteiger partial charge in [-0.15, -0.1) is 0 Å². The standard InChI is InChI=1S/C14H14F6N2O6/c15-13(16,17)5-26-11(27-6-14(18,19)20)8-3-22(12(25)21-10(8)24)9-2-1-7(4-23)28-9/h1-3,7,9,11,23H,4-6H2,(H,21,24,25). The number of aliphatic hydroxyl groups is 1. The maximum absolute atomic E-state index is 12.4. The molecule has 2 rings (SSSR count). The summed E-state index contributed by atoms with van der Waals surface area (Å²) in [7, 11) is 0. The van der Waals surface area contributed by atoms with Gasteiger partial charge in [-0.25, -0.2) is 4.79 Å². The van der Waals surface area contributed by atoms with Crippen LogP contribution in [-0.4, -0.2) is 52.9 Å². The van der Waals surface area contributed by atoms with Crippen LogP contribution in [0.5, 0.6) is 0 Å².